The molecule has 0 aromatic heterocycles. The number of amides is 7. The van der Waals surface area contributed by atoms with Gasteiger partial charge in [0.15, 0.2) is 28.9 Å². The van der Waals surface area contributed by atoms with Crippen molar-refractivity contribution in [1.82, 2.24) is 35.6 Å². The van der Waals surface area contributed by atoms with Gasteiger partial charge in [-0.05, 0) is 177 Å². The monoisotopic (exact) mass is 2030 g/mol. The molecule has 0 fully saturated rings. The molecular weight excluding hydrogens is 1900 g/mol. The molecule has 0 unspecified atom stereocenters. The normalized spacial score (nSPS) is 16.8. The van der Waals surface area contributed by atoms with Crippen LogP contribution >= 0.6 is 23.2 Å². The Morgan fingerprint density at radius 2 is 0.839 bits per heavy atom. The Hall–Kier alpha value is -11.9. The number of carboxylic acid groups (broad SMARTS) is 1. The Morgan fingerprint density at radius 1 is 0.482 bits per heavy atom. The topological polar surface area (TPSA) is 389 Å². The number of halogens is 3. The van der Waals surface area contributed by atoms with Crippen LogP contribution in [0.2, 0.25) is 10.0 Å². The molecule has 137 heavy (non-hydrogen) atoms. The molecule has 0 saturated carbocycles. The maximum atomic E-state index is 14.9. The van der Waals surface area contributed by atoms with Gasteiger partial charge < -0.3 is 65.2 Å². The number of benzene rings is 8. The quantitative estimate of drug-likeness (QED) is 0.00731. The van der Waals surface area contributed by atoms with E-state index in [0.717, 1.165) is 26.7 Å². The first-order chi connectivity index (χ1) is 64.5. The molecule has 0 aliphatic carbocycles. The Balaban J connectivity index is 0.000000336. The number of ketones is 5. The van der Waals surface area contributed by atoms with Crippen molar-refractivity contribution in [1.29, 1.82) is 0 Å². The standard InChI is InChI=1S/C50H59ClN4O8.C49H56ClN3O10.C6H14IN2O.CH4/c1-30-24-44(58)47(55(5)50(61)37(10-8-9-23-52)29-42(56)35-14-12-33(13-15-35)34-16-19-38(51)20-17-34)36-18-22-46(63-7)40(28-36)39-26-32(11-21-45(39)62-6)27-41(53-48(30)59)43(57)25-31(2)49(60)54(3)4;1-29-24-41(55)44(34-18-22-43(62-7)38(27-34)37-25-30(11-21-42(37)61-6)26-39(47(58)59)52-45(29)56)53(5)46(57)35(10-8-9-23-51-48(60)63-49(2,3)4)28-40(54)33-14-12-31(13-15-33)32-16-19-36(50)20-17-32;1-5(4-7-8)6(10)9(2)3;/h11-22,26,28,30-31,37,41,47H,8-10,23-25,27,29,52H2,1-7H3,(H,53,59);11-22,25,27,29,35,39,44H,8-10,23-24,26,28H2,1-7H3,(H,51,60)(H,52,56)(H,58,59);5H,4,8H2,1-3H3;1H4/q;;-1;/t30-,31-,37-,41+,47+;29-,35-,39+,44+;5-;/m111./s1. The van der Waals surface area contributed by atoms with E-state index in [4.69, 9.17) is 56.6 Å². The first-order valence-corrected chi connectivity index (χ1v) is 48.9. The van der Waals surface area contributed by atoms with Crippen molar-refractivity contribution >= 4 is 99.6 Å². The zero-order valence-corrected chi connectivity index (χ0v) is 84.3. The van der Waals surface area contributed by atoms with E-state index >= 15 is 0 Å². The van der Waals surface area contributed by atoms with Crippen molar-refractivity contribution in [2.75, 3.05) is 88.2 Å². The van der Waals surface area contributed by atoms with Crippen LogP contribution in [0.25, 0.3) is 44.5 Å². The summed E-state index contributed by atoms with van der Waals surface area (Å²) in [5.41, 5.74) is 14.1. The van der Waals surface area contributed by atoms with Gasteiger partial charge in [-0.3, -0.25) is 47.9 Å². The number of hydrogen-bond donors (Lipinski definition) is 6. The van der Waals surface area contributed by atoms with E-state index in [0.29, 0.717) is 127 Å². The molecule has 7 amide bonds. The summed E-state index contributed by atoms with van der Waals surface area (Å²) in [6, 6.07) is 45.3. The molecule has 0 spiro atoms. The SMILES string of the molecule is C.COc1ccc2cc1-c1cc(ccc1OC)[C@H](N(C)C(=O)[C@H](CCCCN)CC(=O)c1ccc(-c3ccc(Cl)cc3)cc1)C(=O)C[C@@H](C)C(=O)N[C@H](C(=O)C[C@@H](C)C(=O)N(C)C)C2.COc1ccc2cc1-c1cc(ccc1OC)[C@H](N(C)C(=O)[C@H](CCCCNC(=O)OC(C)(C)C)CC(=O)c1ccc(-c3ccc(Cl)cc3)cc1)C(=O)C[C@@H](C)C(=O)N[C@H](C(=O)O)C2.C[C@H](C[I-]N)C(=O)N(C)C. The Kier molecular flexibility index (Phi) is 43.5. The Bertz CT molecular complexity index is 5540. The summed E-state index contributed by atoms with van der Waals surface area (Å²) in [7, 11) is 15.9. The summed E-state index contributed by atoms with van der Waals surface area (Å²) in [5, 5.41) is 19.5. The summed E-state index contributed by atoms with van der Waals surface area (Å²) in [6.45, 7) is 12.7. The summed E-state index contributed by atoms with van der Waals surface area (Å²) in [5.74, 6) is -7.20. The van der Waals surface area contributed by atoms with Gasteiger partial charge in [0, 0.05) is 146 Å². The fraction of sp³-hybridized carbons (Fsp3) is 0.425. The molecule has 10 atom stereocenters. The zero-order valence-electron chi connectivity index (χ0n) is 80.6. The van der Waals surface area contributed by atoms with Crippen molar-refractivity contribution in [2.24, 2.45) is 45.2 Å². The molecule has 0 radical (unpaired) electrons. The van der Waals surface area contributed by atoms with Crippen LogP contribution in [0.1, 0.15) is 182 Å². The van der Waals surface area contributed by atoms with Gasteiger partial charge >= 0.3 is 84.5 Å². The molecule has 8 N–H and O–H groups in total. The van der Waals surface area contributed by atoms with Crippen LogP contribution in [0, 0.1) is 35.5 Å². The number of nitrogens with two attached hydrogens (primary N) is 2. The van der Waals surface area contributed by atoms with Crippen molar-refractivity contribution in [3.8, 4) is 67.5 Å². The molecule has 2 aliphatic rings. The number of carbonyl (C=O) groups excluding carboxylic acids is 12. The summed E-state index contributed by atoms with van der Waals surface area (Å²) < 4.78 is 34.8. The number of rotatable bonds is 33. The second-order valence-corrected chi connectivity index (χ2v) is 38.6. The van der Waals surface area contributed by atoms with Crippen LogP contribution in [0.15, 0.2) is 170 Å². The van der Waals surface area contributed by atoms with Crippen molar-refractivity contribution in [3.05, 3.63) is 213 Å². The number of hydrogen-bond acceptors (Lipinski definition) is 20. The minimum absolute atomic E-state index is 0. The number of methoxy groups -OCH3 is 4. The molecule has 8 aromatic rings. The van der Waals surface area contributed by atoms with Gasteiger partial charge in [0.05, 0.1) is 34.5 Å². The third-order valence-corrected chi connectivity index (χ3v) is 26.2. The molecule has 2 heterocycles. The summed E-state index contributed by atoms with van der Waals surface area (Å²) in [6.07, 6.45) is 1.32. The van der Waals surface area contributed by atoms with E-state index < -0.39 is 107 Å². The molecule has 31 heteroatoms. The minimum atomic E-state index is -1.29. The first-order valence-electron chi connectivity index (χ1n) is 45.4. The van der Waals surface area contributed by atoms with Gasteiger partial charge in [-0.15, -0.1) is 0 Å². The van der Waals surface area contributed by atoms with Crippen LogP contribution in [-0.2, 0) is 65.5 Å². The van der Waals surface area contributed by atoms with E-state index in [9.17, 15) is 67.4 Å². The third-order valence-electron chi connectivity index (χ3n) is 23.9. The number of nitrogens with one attached hydrogen (secondary N) is 3. The number of alkyl halides is 1. The predicted octanol–water partition coefficient (Wildman–Crippen LogP) is 13.3. The number of fused-ring (bicyclic) bond motifs is 10. The number of nitrogens with zero attached hydrogens (tertiary/aromatic N) is 4. The first kappa shape index (κ1) is 112. The molecule has 8 bridgehead atoms. The van der Waals surface area contributed by atoms with E-state index in [-0.39, 0.29) is 122 Å². The van der Waals surface area contributed by atoms with Gasteiger partial charge in [0.2, 0.25) is 29.5 Å². The van der Waals surface area contributed by atoms with Crippen LogP contribution in [0.3, 0.4) is 0 Å². The molecule has 738 valence electrons. The van der Waals surface area contributed by atoms with Crippen LogP contribution in [0.4, 0.5) is 4.79 Å². The van der Waals surface area contributed by atoms with Gasteiger partial charge in [-0.1, -0.05) is 161 Å². The van der Waals surface area contributed by atoms with Crippen LogP contribution < -0.4 is 66.1 Å². The zero-order chi connectivity index (χ0) is 100. The molecule has 28 nitrogen and oxygen atoms in total. The molecule has 10 rings (SSSR count). The number of unbranched alkanes of at least 4 members (excludes halogenated alkanes) is 2. The number of carbonyl (C=O) groups is 13. The summed E-state index contributed by atoms with van der Waals surface area (Å²) >= 11 is 11.9. The molecule has 2 aliphatic heterocycles. The second-order valence-electron chi connectivity index (χ2n) is 36.0. The van der Waals surface area contributed by atoms with E-state index in [2.05, 4.69) is 16.0 Å². The Morgan fingerprint density at radius 3 is 1.20 bits per heavy atom. The average molecular weight is 2040 g/mol. The third kappa shape index (κ3) is 31.8. The van der Waals surface area contributed by atoms with Crippen LogP contribution in [0.5, 0.6) is 23.0 Å². The van der Waals surface area contributed by atoms with Crippen molar-refractivity contribution in [3.63, 3.8) is 0 Å². The molecular formula is C106H133Cl2IN9O19-. The van der Waals surface area contributed by atoms with Crippen molar-refractivity contribution in [2.45, 2.75) is 169 Å². The number of ether oxygens (including phenoxy) is 5. The number of Topliss-reactive ketones (excluding diaryl/α,β-unsaturated/α-hetero) is 5. The fourth-order valence-electron chi connectivity index (χ4n) is 16.5. The number of carboxylic acids is 1. The predicted molar refractivity (Wildman–Crippen MR) is 528 cm³/mol. The van der Waals surface area contributed by atoms with Crippen LogP contribution in [-0.4, -0.2) is 207 Å². The van der Waals surface area contributed by atoms with E-state index in [1.165, 1.54) is 57.1 Å². The van der Waals surface area contributed by atoms with Gasteiger partial charge in [-0.2, -0.15) is 0 Å². The van der Waals surface area contributed by atoms with Gasteiger partial charge in [-0.25, -0.2) is 9.59 Å². The molecule has 0 saturated heterocycles. The Labute approximate surface area is 825 Å². The maximum absolute atomic E-state index is 14.9. The van der Waals surface area contributed by atoms with Gasteiger partial charge in [0.25, 0.3) is 0 Å². The van der Waals surface area contributed by atoms with E-state index in [1.54, 1.807) is 184 Å². The van der Waals surface area contributed by atoms with Crippen molar-refractivity contribution < 1.29 is 113 Å². The van der Waals surface area contributed by atoms with E-state index in [1.807, 2.05) is 67.6 Å². The average Bonchev–Trinajstić information content (AvgIpc) is 0.780. The number of likely N-dealkylation sites (N-methyl/N-ethyl adjacent to an activating group) is 2. The number of alkyl carbamates (subject to hydrolysis) is 1. The fourth-order valence-corrected chi connectivity index (χ4v) is 17.9. The van der Waals surface area contributed by atoms with Gasteiger partial charge in [0.1, 0.15) is 46.7 Å². The molecule has 8 aromatic carbocycles. The second kappa shape index (κ2) is 53.2. The number of aliphatic carboxylic acids is 1. The summed E-state index contributed by atoms with van der Waals surface area (Å²) in [4.78, 5) is 182.